The monoisotopic (exact) mass is 329 g/mol. The molecule has 0 unspecified atom stereocenters. The Labute approximate surface area is 142 Å². The molecule has 1 aromatic carbocycles. The van der Waals surface area contributed by atoms with Gasteiger partial charge in [-0.2, -0.15) is 0 Å². The molecule has 0 N–H and O–H groups in total. The smallest absolute Gasteiger partial charge is 0.489 e. The van der Waals surface area contributed by atoms with E-state index in [9.17, 15) is 4.39 Å². The van der Waals surface area contributed by atoms with Gasteiger partial charge in [0.15, 0.2) is 0 Å². The standard InChI is InChI=1S/C18H21BFNO3/c1-17(2)18(3,4)24-19(23-17)15-8-7-14(10-16(15)20)22-12-13-6-5-9-21-11-13/h5-11H,12H2,1-4H3. The number of aromatic nitrogens is 1. The summed E-state index contributed by atoms with van der Waals surface area (Å²) in [7, 11) is -0.720. The van der Waals surface area contributed by atoms with Gasteiger partial charge < -0.3 is 14.0 Å². The Morgan fingerprint density at radius 3 is 2.42 bits per heavy atom. The molecule has 24 heavy (non-hydrogen) atoms. The third-order valence-corrected chi connectivity index (χ3v) is 4.61. The van der Waals surface area contributed by atoms with E-state index in [2.05, 4.69) is 4.98 Å². The number of benzene rings is 1. The first-order valence-corrected chi connectivity index (χ1v) is 7.95. The maximum absolute atomic E-state index is 14.5. The topological polar surface area (TPSA) is 40.6 Å². The molecular formula is C18H21BFNO3. The zero-order valence-electron chi connectivity index (χ0n) is 14.4. The first kappa shape index (κ1) is 16.9. The van der Waals surface area contributed by atoms with Crippen molar-refractivity contribution in [2.45, 2.75) is 45.5 Å². The lowest BCUT2D eigenvalue weighted by Gasteiger charge is -2.32. The molecule has 6 heteroatoms. The molecule has 2 aromatic rings. The van der Waals surface area contributed by atoms with Gasteiger partial charge in [-0.15, -0.1) is 0 Å². The first-order chi connectivity index (χ1) is 11.3. The van der Waals surface area contributed by atoms with Gasteiger partial charge in [0.1, 0.15) is 18.2 Å². The summed E-state index contributed by atoms with van der Waals surface area (Å²) in [6.45, 7) is 8.10. The lowest BCUT2D eigenvalue weighted by atomic mass is 9.78. The summed E-state index contributed by atoms with van der Waals surface area (Å²) in [5, 5.41) is 0. The Bertz CT molecular complexity index is 705. The number of nitrogens with zero attached hydrogens (tertiary/aromatic N) is 1. The Morgan fingerprint density at radius 1 is 1.12 bits per heavy atom. The molecule has 1 fully saturated rings. The van der Waals surface area contributed by atoms with Crippen molar-refractivity contribution in [1.29, 1.82) is 0 Å². The fourth-order valence-corrected chi connectivity index (χ4v) is 2.41. The number of hydrogen-bond acceptors (Lipinski definition) is 4. The molecule has 1 aliphatic rings. The molecule has 1 aliphatic heterocycles. The largest absolute Gasteiger partial charge is 0.497 e. The fourth-order valence-electron chi connectivity index (χ4n) is 2.41. The van der Waals surface area contributed by atoms with Crippen LogP contribution in [0.15, 0.2) is 42.7 Å². The molecule has 1 saturated heterocycles. The van der Waals surface area contributed by atoms with Crippen LogP contribution in [-0.2, 0) is 15.9 Å². The molecular weight excluding hydrogens is 308 g/mol. The predicted molar refractivity (Wildman–Crippen MR) is 90.7 cm³/mol. The molecule has 0 aliphatic carbocycles. The summed E-state index contributed by atoms with van der Waals surface area (Å²) in [5.74, 6) is 0.0498. The molecule has 0 spiro atoms. The van der Waals surface area contributed by atoms with Crippen LogP contribution >= 0.6 is 0 Å². The second-order valence-corrected chi connectivity index (χ2v) is 6.92. The van der Waals surface area contributed by atoms with E-state index in [1.807, 2.05) is 39.8 Å². The van der Waals surface area contributed by atoms with E-state index in [0.717, 1.165) is 5.56 Å². The third-order valence-electron chi connectivity index (χ3n) is 4.61. The molecule has 126 valence electrons. The minimum absolute atomic E-state index is 0.336. The molecule has 2 heterocycles. The van der Waals surface area contributed by atoms with Gasteiger partial charge >= 0.3 is 7.12 Å². The molecule has 0 bridgehead atoms. The Hall–Kier alpha value is -1.92. The van der Waals surface area contributed by atoms with Crippen LogP contribution in [0.2, 0.25) is 0 Å². The summed E-state index contributed by atoms with van der Waals surface area (Å²) < 4.78 is 31.9. The van der Waals surface area contributed by atoms with E-state index in [1.54, 1.807) is 24.5 Å². The van der Waals surface area contributed by atoms with E-state index in [0.29, 0.717) is 17.8 Å². The summed E-state index contributed by atoms with van der Waals surface area (Å²) in [4.78, 5) is 4.02. The lowest BCUT2D eigenvalue weighted by Crippen LogP contribution is -2.41. The highest BCUT2D eigenvalue weighted by Crippen LogP contribution is 2.36. The van der Waals surface area contributed by atoms with Crippen molar-refractivity contribution < 1.29 is 18.4 Å². The maximum Gasteiger partial charge on any atom is 0.497 e. The molecule has 0 radical (unpaired) electrons. The van der Waals surface area contributed by atoms with E-state index >= 15 is 0 Å². The average Bonchev–Trinajstić information content (AvgIpc) is 2.74. The lowest BCUT2D eigenvalue weighted by molar-refractivity contribution is 0.00578. The van der Waals surface area contributed by atoms with Crippen LogP contribution in [0.3, 0.4) is 0 Å². The van der Waals surface area contributed by atoms with Gasteiger partial charge in [0.2, 0.25) is 0 Å². The van der Waals surface area contributed by atoms with E-state index in [-0.39, 0.29) is 0 Å². The average molecular weight is 329 g/mol. The van der Waals surface area contributed by atoms with Crippen LogP contribution in [0.25, 0.3) is 0 Å². The Kier molecular flexibility index (Phi) is 4.36. The quantitative estimate of drug-likeness (QED) is 0.808. The van der Waals surface area contributed by atoms with Crippen LogP contribution in [0, 0.1) is 5.82 Å². The minimum Gasteiger partial charge on any atom is -0.489 e. The summed E-state index contributed by atoms with van der Waals surface area (Å²) >= 11 is 0. The first-order valence-electron chi connectivity index (χ1n) is 7.95. The number of ether oxygens (including phenoxy) is 1. The zero-order chi connectivity index (χ0) is 17.4. The SMILES string of the molecule is CC1(C)OB(c2ccc(OCc3cccnc3)cc2F)OC1(C)C. The predicted octanol–water partition coefficient (Wildman–Crippen LogP) is 3.10. The zero-order valence-corrected chi connectivity index (χ0v) is 14.4. The highest BCUT2D eigenvalue weighted by Gasteiger charge is 2.52. The minimum atomic E-state index is -0.720. The van der Waals surface area contributed by atoms with Gasteiger partial charge in [-0.05, 0) is 39.8 Å². The van der Waals surface area contributed by atoms with Crippen LogP contribution in [0.1, 0.15) is 33.3 Å². The van der Waals surface area contributed by atoms with Crippen LogP contribution in [0.5, 0.6) is 5.75 Å². The summed E-state index contributed by atoms with van der Waals surface area (Å²) in [5.41, 5.74) is 0.300. The molecule has 0 saturated carbocycles. The van der Waals surface area contributed by atoms with Gasteiger partial charge in [0.25, 0.3) is 0 Å². The second kappa shape index (κ2) is 6.18. The van der Waals surface area contributed by atoms with Gasteiger partial charge in [0, 0.05) is 29.5 Å². The van der Waals surface area contributed by atoms with Crippen LogP contribution in [0.4, 0.5) is 4.39 Å². The van der Waals surface area contributed by atoms with E-state index < -0.39 is 24.1 Å². The second-order valence-electron chi connectivity index (χ2n) is 6.92. The van der Waals surface area contributed by atoms with Gasteiger partial charge in [0.05, 0.1) is 11.2 Å². The van der Waals surface area contributed by atoms with Gasteiger partial charge in [-0.1, -0.05) is 12.1 Å². The van der Waals surface area contributed by atoms with Crippen molar-refractivity contribution in [2.75, 3.05) is 0 Å². The molecule has 4 nitrogen and oxygen atoms in total. The van der Waals surface area contributed by atoms with E-state index in [1.165, 1.54) is 6.07 Å². The normalized spacial score (nSPS) is 18.6. The molecule has 1 aromatic heterocycles. The molecule has 0 atom stereocenters. The molecule has 3 rings (SSSR count). The van der Waals surface area contributed by atoms with Gasteiger partial charge in [-0.25, -0.2) is 4.39 Å². The van der Waals surface area contributed by atoms with Crippen molar-refractivity contribution in [1.82, 2.24) is 4.98 Å². The highest BCUT2D eigenvalue weighted by atomic mass is 19.1. The van der Waals surface area contributed by atoms with Crippen LogP contribution < -0.4 is 10.2 Å². The number of pyridine rings is 1. The van der Waals surface area contributed by atoms with Gasteiger partial charge in [-0.3, -0.25) is 4.98 Å². The Morgan fingerprint density at radius 2 is 1.83 bits per heavy atom. The van der Waals surface area contributed by atoms with Crippen molar-refractivity contribution in [3.63, 3.8) is 0 Å². The summed E-state index contributed by atoms with van der Waals surface area (Å²) in [6, 6.07) is 8.47. The number of rotatable bonds is 4. The van der Waals surface area contributed by atoms with Crippen molar-refractivity contribution in [2.24, 2.45) is 0 Å². The van der Waals surface area contributed by atoms with Crippen LogP contribution in [-0.4, -0.2) is 23.3 Å². The third kappa shape index (κ3) is 3.30. The van der Waals surface area contributed by atoms with E-state index in [4.69, 9.17) is 14.0 Å². The molecule has 0 amide bonds. The number of hydrogen-bond donors (Lipinski definition) is 0. The van der Waals surface area contributed by atoms with Crippen molar-refractivity contribution >= 4 is 12.6 Å². The highest BCUT2D eigenvalue weighted by molar-refractivity contribution is 6.62. The maximum atomic E-state index is 14.5. The van der Waals surface area contributed by atoms with Crippen molar-refractivity contribution in [3.05, 3.63) is 54.1 Å². The Balaban J connectivity index is 1.72. The van der Waals surface area contributed by atoms with Crippen molar-refractivity contribution in [3.8, 4) is 5.75 Å². The number of halogens is 1. The summed E-state index contributed by atoms with van der Waals surface area (Å²) in [6.07, 6.45) is 3.41. The fraction of sp³-hybridized carbons (Fsp3) is 0.389.